The average Bonchev–Trinajstić information content (AvgIpc) is 2.08. The van der Waals surface area contributed by atoms with E-state index < -0.39 is 11.9 Å². The van der Waals surface area contributed by atoms with Gasteiger partial charge in [-0.3, -0.25) is 9.59 Å². The topological polar surface area (TPSA) is 54.4 Å². The van der Waals surface area contributed by atoms with E-state index in [-0.39, 0.29) is 17.6 Å². The highest BCUT2D eigenvalue weighted by molar-refractivity contribution is 5.87. The fourth-order valence-corrected chi connectivity index (χ4v) is 2.10. The van der Waals surface area contributed by atoms with Crippen LogP contribution in [0.2, 0.25) is 0 Å². The molecular weight excluding hydrogens is 180 g/mol. The first kappa shape index (κ1) is 11.2. The second-order valence-corrected chi connectivity index (χ2v) is 4.64. The third kappa shape index (κ3) is 2.14. The number of aliphatic carboxylic acids is 1. The number of carboxylic acid groups (broad SMARTS) is 1. The van der Waals surface area contributed by atoms with Crippen LogP contribution in [0.1, 0.15) is 33.6 Å². The summed E-state index contributed by atoms with van der Waals surface area (Å²) in [4.78, 5) is 22.5. The van der Waals surface area contributed by atoms with Crippen molar-refractivity contribution < 1.29 is 14.7 Å². The lowest BCUT2D eigenvalue weighted by molar-refractivity contribution is -0.150. The van der Waals surface area contributed by atoms with Crippen molar-refractivity contribution in [2.24, 2.45) is 23.7 Å². The van der Waals surface area contributed by atoms with E-state index in [9.17, 15) is 9.59 Å². The number of Topliss-reactive ketones (excluding diaryl/α,β-unsaturated/α-hetero) is 1. The molecule has 0 radical (unpaired) electrons. The first-order valence-electron chi connectivity index (χ1n) is 5.19. The molecule has 0 heterocycles. The smallest absolute Gasteiger partial charge is 0.307 e. The zero-order valence-corrected chi connectivity index (χ0v) is 8.99. The van der Waals surface area contributed by atoms with E-state index in [0.29, 0.717) is 18.8 Å². The van der Waals surface area contributed by atoms with E-state index in [1.807, 2.05) is 13.8 Å². The van der Waals surface area contributed by atoms with Crippen LogP contribution in [0.25, 0.3) is 0 Å². The summed E-state index contributed by atoms with van der Waals surface area (Å²) < 4.78 is 0. The minimum absolute atomic E-state index is 0.113. The molecule has 1 aliphatic rings. The van der Waals surface area contributed by atoms with Gasteiger partial charge in [-0.15, -0.1) is 0 Å². The van der Waals surface area contributed by atoms with Crippen molar-refractivity contribution in [3.05, 3.63) is 0 Å². The van der Waals surface area contributed by atoms with Crippen molar-refractivity contribution in [1.82, 2.24) is 0 Å². The number of hydrogen-bond acceptors (Lipinski definition) is 2. The molecule has 3 unspecified atom stereocenters. The molecule has 0 aromatic rings. The van der Waals surface area contributed by atoms with Gasteiger partial charge in [0.25, 0.3) is 0 Å². The van der Waals surface area contributed by atoms with Crippen LogP contribution < -0.4 is 0 Å². The molecule has 3 nitrogen and oxygen atoms in total. The Kier molecular flexibility index (Phi) is 3.29. The molecule has 14 heavy (non-hydrogen) atoms. The van der Waals surface area contributed by atoms with Crippen molar-refractivity contribution >= 4 is 11.8 Å². The Morgan fingerprint density at radius 1 is 1.50 bits per heavy atom. The maximum absolute atomic E-state index is 11.6. The second-order valence-electron chi connectivity index (χ2n) is 4.64. The maximum atomic E-state index is 11.6. The quantitative estimate of drug-likeness (QED) is 0.738. The molecule has 1 N–H and O–H groups in total. The van der Waals surface area contributed by atoms with Crippen molar-refractivity contribution in [2.75, 3.05) is 0 Å². The zero-order chi connectivity index (χ0) is 10.9. The predicted molar refractivity (Wildman–Crippen MR) is 52.9 cm³/mol. The number of hydrogen-bond donors (Lipinski definition) is 1. The Morgan fingerprint density at radius 3 is 2.50 bits per heavy atom. The molecule has 0 spiro atoms. The molecule has 0 aromatic carbocycles. The molecule has 0 saturated heterocycles. The fourth-order valence-electron chi connectivity index (χ4n) is 2.10. The van der Waals surface area contributed by atoms with Crippen LogP contribution >= 0.6 is 0 Å². The van der Waals surface area contributed by atoms with Gasteiger partial charge in [0.2, 0.25) is 0 Å². The first-order chi connectivity index (χ1) is 6.43. The molecule has 3 heteroatoms. The van der Waals surface area contributed by atoms with Crippen LogP contribution in [0.5, 0.6) is 0 Å². The van der Waals surface area contributed by atoms with Gasteiger partial charge in [0.1, 0.15) is 5.78 Å². The first-order valence-corrected chi connectivity index (χ1v) is 5.19. The van der Waals surface area contributed by atoms with Crippen LogP contribution in [-0.2, 0) is 9.59 Å². The standard InChI is InChI=1S/C11H18O3/c1-6(2)8-4-9(11(13)14)7(3)10(12)5-8/h6-9H,4-5H2,1-3H3,(H,13,14). The minimum atomic E-state index is -0.823. The molecule has 0 aromatic heterocycles. The summed E-state index contributed by atoms with van der Waals surface area (Å²) in [6.07, 6.45) is 1.21. The van der Waals surface area contributed by atoms with E-state index in [0.717, 1.165) is 0 Å². The van der Waals surface area contributed by atoms with Gasteiger partial charge in [0.05, 0.1) is 5.92 Å². The van der Waals surface area contributed by atoms with Crippen molar-refractivity contribution in [3.63, 3.8) is 0 Å². The maximum Gasteiger partial charge on any atom is 0.307 e. The van der Waals surface area contributed by atoms with E-state index >= 15 is 0 Å². The summed E-state index contributed by atoms with van der Waals surface area (Å²) in [5.41, 5.74) is 0. The molecular formula is C11H18O3. The minimum Gasteiger partial charge on any atom is -0.481 e. The lowest BCUT2D eigenvalue weighted by Crippen LogP contribution is -2.37. The SMILES string of the molecule is CC(C)C1CC(=O)C(C)C(C(=O)O)C1. The Morgan fingerprint density at radius 2 is 2.07 bits per heavy atom. The van der Waals surface area contributed by atoms with E-state index in [2.05, 4.69) is 0 Å². The molecule has 1 fully saturated rings. The number of rotatable bonds is 2. The van der Waals surface area contributed by atoms with Gasteiger partial charge in [0, 0.05) is 12.3 Å². The van der Waals surface area contributed by atoms with Crippen molar-refractivity contribution in [3.8, 4) is 0 Å². The normalized spacial score (nSPS) is 33.4. The molecule has 1 saturated carbocycles. The second kappa shape index (κ2) is 4.11. The molecule has 1 aliphatic carbocycles. The Bertz CT molecular complexity index is 245. The van der Waals surface area contributed by atoms with Crippen LogP contribution in [-0.4, -0.2) is 16.9 Å². The number of ketones is 1. The number of carbonyl (C=O) groups is 2. The highest BCUT2D eigenvalue weighted by Gasteiger charge is 2.38. The Balaban J connectivity index is 2.76. The Hall–Kier alpha value is -0.860. The van der Waals surface area contributed by atoms with E-state index in [1.54, 1.807) is 6.92 Å². The van der Waals surface area contributed by atoms with Gasteiger partial charge in [-0.2, -0.15) is 0 Å². The number of carbonyl (C=O) groups excluding carboxylic acids is 1. The van der Waals surface area contributed by atoms with Crippen LogP contribution in [0, 0.1) is 23.7 Å². The molecule has 80 valence electrons. The molecule has 1 rings (SSSR count). The lowest BCUT2D eigenvalue weighted by Gasteiger charge is -2.32. The monoisotopic (exact) mass is 198 g/mol. The molecule has 0 bridgehead atoms. The van der Waals surface area contributed by atoms with Crippen LogP contribution in [0.3, 0.4) is 0 Å². The lowest BCUT2D eigenvalue weighted by atomic mass is 9.70. The van der Waals surface area contributed by atoms with Crippen molar-refractivity contribution in [1.29, 1.82) is 0 Å². The Labute approximate surface area is 84.5 Å². The summed E-state index contributed by atoms with van der Waals surface area (Å²) >= 11 is 0. The summed E-state index contributed by atoms with van der Waals surface area (Å²) in [5, 5.41) is 8.97. The third-order valence-corrected chi connectivity index (χ3v) is 3.39. The van der Waals surface area contributed by atoms with Gasteiger partial charge in [-0.1, -0.05) is 20.8 Å². The van der Waals surface area contributed by atoms with Crippen LogP contribution in [0.4, 0.5) is 0 Å². The summed E-state index contributed by atoms with van der Waals surface area (Å²) in [5.74, 6) is -0.835. The van der Waals surface area contributed by atoms with Gasteiger partial charge in [-0.25, -0.2) is 0 Å². The molecule has 0 aliphatic heterocycles. The highest BCUT2D eigenvalue weighted by Crippen LogP contribution is 2.35. The third-order valence-electron chi connectivity index (χ3n) is 3.39. The van der Waals surface area contributed by atoms with Crippen LogP contribution in [0.15, 0.2) is 0 Å². The molecule has 0 amide bonds. The fraction of sp³-hybridized carbons (Fsp3) is 0.818. The zero-order valence-electron chi connectivity index (χ0n) is 8.99. The number of carboxylic acids is 1. The summed E-state index contributed by atoms with van der Waals surface area (Å²) in [6.45, 7) is 5.83. The van der Waals surface area contributed by atoms with E-state index in [4.69, 9.17) is 5.11 Å². The van der Waals surface area contributed by atoms with Gasteiger partial charge < -0.3 is 5.11 Å². The summed E-state index contributed by atoms with van der Waals surface area (Å²) in [6, 6.07) is 0. The largest absolute Gasteiger partial charge is 0.481 e. The summed E-state index contributed by atoms with van der Waals surface area (Å²) in [7, 11) is 0. The van der Waals surface area contributed by atoms with Gasteiger partial charge >= 0.3 is 5.97 Å². The van der Waals surface area contributed by atoms with Crippen molar-refractivity contribution in [2.45, 2.75) is 33.6 Å². The van der Waals surface area contributed by atoms with Gasteiger partial charge in [0.15, 0.2) is 0 Å². The highest BCUT2D eigenvalue weighted by atomic mass is 16.4. The van der Waals surface area contributed by atoms with Gasteiger partial charge in [-0.05, 0) is 18.3 Å². The van der Waals surface area contributed by atoms with E-state index in [1.165, 1.54) is 0 Å². The average molecular weight is 198 g/mol. The molecule has 3 atom stereocenters. The predicted octanol–water partition coefficient (Wildman–Crippen LogP) is 1.96.